The Kier molecular flexibility index (Phi) is 15.2. The molecule has 1 aliphatic heterocycles. The van der Waals surface area contributed by atoms with Crippen LogP contribution in [0.4, 0.5) is 15.4 Å². The minimum absolute atomic E-state index is 0.0339. The van der Waals surface area contributed by atoms with Gasteiger partial charge in [0.05, 0.1) is 26.7 Å². The van der Waals surface area contributed by atoms with Crippen LogP contribution in [-0.2, 0) is 59.3 Å². The lowest BCUT2D eigenvalue weighted by atomic mass is 10.0. The van der Waals surface area contributed by atoms with Crippen molar-refractivity contribution in [2.45, 2.75) is 50.9 Å². The van der Waals surface area contributed by atoms with Gasteiger partial charge >= 0.3 is 24.1 Å². The second-order valence-electron chi connectivity index (χ2n) is 12.1. The molecule has 282 valence electrons. The second-order valence-corrected chi connectivity index (χ2v) is 12.1. The summed E-state index contributed by atoms with van der Waals surface area (Å²) < 4.78 is 20.1. The zero-order valence-electron chi connectivity index (χ0n) is 30.0. The smallest absolute Gasteiger partial charge is 0.408 e. The molecule has 1 fully saturated rings. The molecular formula is C39H42N6O9. The molecule has 0 spiro atoms. The Hall–Kier alpha value is -6.58. The first kappa shape index (κ1) is 40.2. The van der Waals surface area contributed by atoms with Crippen molar-refractivity contribution in [2.24, 2.45) is 5.73 Å². The predicted octanol–water partition coefficient (Wildman–Crippen LogP) is 1.97. The molecule has 0 aliphatic carbocycles. The number of hydrogen-bond donors (Lipinski definition) is 4. The first-order valence-electron chi connectivity index (χ1n) is 16.9. The van der Waals surface area contributed by atoms with Gasteiger partial charge in [-0.15, -0.1) is 0 Å². The average Bonchev–Trinajstić information content (AvgIpc) is 3.60. The van der Waals surface area contributed by atoms with E-state index in [0.29, 0.717) is 35.5 Å². The van der Waals surface area contributed by atoms with Crippen molar-refractivity contribution in [2.75, 3.05) is 39.7 Å². The summed E-state index contributed by atoms with van der Waals surface area (Å²) in [4.78, 5) is 67.6. The highest BCUT2D eigenvalue weighted by atomic mass is 16.6. The summed E-state index contributed by atoms with van der Waals surface area (Å²) in [6.45, 7) is 0.259. The molecule has 15 heteroatoms. The Morgan fingerprint density at radius 2 is 1.50 bits per heavy atom. The first-order valence-corrected chi connectivity index (χ1v) is 16.9. The zero-order chi connectivity index (χ0) is 38.9. The third kappa shape index (κ3) is 12.9. The van der Waals surface area contributed by atoms with Gasteiger partial charge in [0.25, 0.3) is 0 Å². The normalized spacial score (nSPS) is 14.3. The van der Waals surface area contributed by atoms with Crippen molar-refractivity contribution in [1.29, 1.82) is 0 Å². The molecule has 54 heavy (non-hydrogen) atoms. The Morgan fingerprint density at radius 1 is 0.852 bits per heavy atom. The molecule has 3 amide bonds. The van der Waals surface area contributed by atoms with E-state index < -0.39 is 36.2 Å². The number of amides is 3. The SMILES string of the molecule is COC(=O)Cc1cc(C#CCOC(=O)NCc2ccc(N)nc2)cc(C#CCOC(=O)NC2CC(C(=O)OC)N(C(=O)CCc3ccc(CN)cc3)C2)c1. The lowest BCUT2D eigenvalue weighted by Gasteiger charge is -2.22. The lowest BCUT2D eigenvalue weighted by Crippen LogP contribution is -2.42. The van der Waals surface area contributed by atoms with Gasteiger partial charge in [-0.2, -0.15) is 0 Å². The summed E-state index contributed by atoms with van der Waals surface area (Å²) in [7, 11) is 2.53. The summed E-state index contributed by atoms with van der Waals surface area (Å²) in [5.74, 6) is 10.4. The minimum Gasteiger partial charge on any atom is -0.469 e. The van der Waals surface area contributed by atoms with Crippen LogP contribution >= 0.6 is 0 Å². The predicted molar refractivity (Wildman–Crippen MR) is 196 cm³/mol. The molecule has 0 radical (unpaired) electrons. The molecule has 2 atom stereocenters. The van der Waals surface area contributed by atoms with Crippen LogP contribution < -0.4 is 22.1 Å². The number of rotatable bonds is 12. The largest absolute Gasteiger partial charge is 0.469 e. The zero-order valence-corrected chi connectivity index (χ0v) is 30.0. The quantitative estimate of drug-likeness (QED) is 0.119. The number of carbonyl (C=O) groups is 5. The number of ether oxygens (including phenoxy) is 4. The van der Waals surface area contributed by atoms with Crippen molar-refractivity contribution in [3.63, 3.8) is 0 Å². The number of carbonyl (C=O) groups excluding carboxylic acids is 5. The number of aromatic nitrogens is 1. The van der Waals surface area contributed by atoms with Crippen molar-refractivity contribution in [1.82, 2.24) is 20.5 Å². The Balaban J connectivity index is 1.29. The molecular weight excluding hydrogens is 696 g/mol. The maximum atomic E-state index is 13.1. The lowest BCUT2D eigenvalue weighted by molar-refractivity contribution is -0.150. The maximum absolute atomic E-state index is 13.1. The third-order valence-corrected chi connectivity index (χ3v) is 8.17. The van der Waals surface area contributed by atoms with Crippen LogP contribution in [0, 0.1) is 23.7 Å². The summed E-state index contributed by atoms with van der Waals surface area (Å²) in [6.07, 6.45) is 0.886. The highest BCUT2D eigenvalue weighted by molar-refractivity contribution is 5.85. The molecule has 0 saturated carbocycles. The summed E-state index contributed by atoms with van der Waals surface area (Å²) in [6, 6.07) is 14.6. The molecule has 3 aromatic rings. The monoisotopic (exact) mass is 738 g/mol. The number of esters is 2. The molecule has 0 bridgehead atoms. The van der Waals surface area contributed by atoms with Gasteiger partial charge in [-0.05, 0) is 52.9 Å². The number of hydrogen-bond acceptors (Lipinski definition) is 12. The van der Waals surface area contributed by atoms with E-state index in [4.69, 9.17) is 30.4 Å². The van der Waals surface area contributed by atoms with E-state index in [1.54, 1.807) is 36.5 Å². The van der Waals surface area contributed by atoms with E-state index in [2.05, 4.69) is 39.3 Å². The summed E-state index contributed by atoms with van der Waals surface area (Å²) in [5.41, 5.74) is 15.5. The van der Waals surface area contributed by atoms with Crippen molar-refractivity contribution in [3.8, 4) is 23.7 Å². The van der Waals surface area contributed by atoms with Crippen molar-refractivity contribution < 1.29 is 42.9 Å². The number of pyridine rings is 1. The highest BCUT2D eigenvalue weighted by Crippen LogP contribution is 2.21. The van der Waals surface area contributed by atoms with Gasteiger partial charge in [-0.3, -0.25) is 9.59 Å². The van der Waals surface area contributed by atoms with E-state index >= 15 is 0 Å². The molecule has 1 aromatic heterocycles. The number of nitrogens with zero attached hydrogens (tertiary/aromatic N) is 2. The van der Waals surface area contributed by atoms with E-state index in [-0.39, 0.29) is 51.5 Å². The fourth-order valence-electron chi connectivity index (χ4n) is 5.44. The van der Waals surface area contributed by atoms with E-state index in [1.165, 1.54) is 19.1 Å². The summed E-state index contributed by atoms with van der Waals surface area (Å²) in [5, 5.41) is 5.29. The minimum atomic E-state index is -0.844. The van der Waals surface area contributed by atoms with Crippen molar-refractivity contribution >= 4 is 35.9 Å². The number of anilines is 1. The van der Waals surface area contributed by atoms with Gasteiger partial charge in [-0.1, -0.05) is 54.0 Å². The fraction of sp³-hybridized carbons (Fsp3) is 0.333. The first-order chi connectivity index (χ1) is 26.1. The number of nitrogens with one attached hydrogen (secondary N) is 2. The molecule has 4 rings (SSSR count). The topological polar surface area (TPSA) is 214 Å². The summed E-state index contributed by atoms with van der Waals surface area (Å²) >= 11 is 0. The van der Waals surface area contributed by atoms with Crippen LogP contribution in [0.5, 0.6) is 0 Å². The maximum Gasteiger partial charge on any atom is 0.408 e. The van der Waals surface area contributed by atoms with Gasteiger partial charge in [0.2, 0.25) is 5.91 Å². The standard InChI is InChI=1S/C39H42N6O9/c1-51-36(47)20-31-18-28(5-3-15-53-38(49)43-24-30-11-13-34(41)42-23-30)17-29(19-31)6-4-16-54-39(50)44-32-21-33(37(48)52-2)45(25-32)35(46)14-12-26-7-9-27(22-40)10-8-26/h7-11,13,17-19,23,32-33H,12,14-16,20-22,24-25,40H2,1-2H3,(H2,41,42)(H,43,49)(H,44,50). The number of nitrogen functional groups attached to an aromatic ring is 1. The number of alkyl carbamates (subject to hydrolysis) is 2. The Bertz CT molecular complexity index is 1930. The van der Waals surface area contributed by atoms with Gasteiger partial charge in [0.1, 0.15) is 11.9 Å². The van der Waals surface area contributed by atoms with E-state index in [1.807, 2.05) is 24.3 Å². The Morgan fingerprint density at radius 3 is 2.11 bits per heavy atom. The van der Waals surface area contributed by atoms with Crippen LogP contribution in [0.25, 0.3) is 0 Å². The molecule has 1 aliphatic rings. The number of nitrogens with two attached hydrogens (primary N) is 2. The van der Waals surface area contributed by atoms with Gasteiger partial charge in [-0.25, -0.2) is 19.4 Å². The van der Waals surface area contributed by atoms with E-state index in [9.17, 15) is 24.0 Å². The highest BCUT2D eigenvalue weighted by Gasteiger charge is 2.40. The number of likely N-dealkylation sites (tertiary alicyclic amines) is 1. The van der Waals surface area contributed by atoms with E-state index in [0.717, 1.165) is 16.7 Å². The van der Waals surface area contributed by atoms with Gasteiger partial charge in [0, 0.05) is 49.8 Å². The number of benzene rings is 2. The fourth-order valence-corrected chi connectivity index (χ4v) is 5.44. The van der Waals surface area contributed by atoms with Crippen molar-refractivity contribution in [3.05, 3.63) is 94.2 Å². The van der Waals surface area contributed by atoms with Crippen LogP contribution in [0.15, 0.2) is 60.8 Å². The average molecular weight is 739 g/mol. The van der Waals surface area contributed by atoms with Crippen LogP contribution in [0.1, 0.15) is 46.2 Å². The molecule has 15 nitrogen and oxygen atoms in total. The Labute approximate surface area is 313 Å². The van der Waals surface area contributed by atoms with Gasteiger partial charge in [0.15, 0.2) is 13.2 Å². The van der Waals surface area contributed by atoms with Crippen LogP contribution in [-0.4, -0.2) is 86.0 Å². The molecule has 2 aromatic carbocycles. The number of aryl methyl sites for hydroxylation is 1. The van der Waals surface area contributed by atoms with Crippen LogP contribution in [0.3, 0.4) is 0 Å². The molecule has 1 saturated heterocycles. The molecule has 6 N–H and O–H groups in total. The molecule has 2 heterocycles. The molecule has 2 unspecified atom stereocenters. The number of methoxy groups -OCH3 is 2. The van der Waals surface area contributed by atoms with Crippen LogP contribution in [0.2, 0.25) is 0 Å². The third-order valence-electron chi connectivity index (χ3n) is 8.17. The van der Waals surface area contributed by atoms with Gasteiger partial charge < -0.3 is 45.9 Å². The second kappa shape index (κ2) is 20.5.